The van der Waals surface area contributed by atoms with E-state index in [9.17, 15) is 0 Å². The van der Waals surface area contributed by atoms with Gasteiger partial charge in [0, 0.05) is 7.11 Å². The van der Waals surface area contributed by atoms with E-state index in [2.05, 4.69) is 9.97 Å². The van der Waals surface area contributed by atoms with Crippen LogP contribution in [0.3, 0.4) is 0 Å². The Morgan fingerprint density at radius 1 is 1.21 bits per heavy atom. The van der Waals surface area contributed by atoms with Crippen molar-refractivity contribution in [3.05, 3.63) is 16.5 Å². The van der Waals surface area contributed by atoms with E-state index in [1.807, 2.05) is 0 Å². The topological polar surface area (TPSA) is 62.7 Å². The van der Waals surface area contributed by atoms with Crippen LogP contribution in [0.1, 0.15) is 0 Å². The van der Waals surface area contributed by atoms with Gasteiger partial charge in [0.25, 0.3) is 0 Å². The van der Waals surface area contributed by atoms with Gasteiger partial charge in [-0.3, -0.25) is 0 Å². The zero-order chi connectivity index (χ0) is 13.4. The first kappa shape index (κ1) is 13.3. The normalized spacial score (nSPS) is 33.4. The van der Waals surface area contributed by atoms with E-state index in [-0.39, 0.29) is 35.6 Å². The summed E-state index contributed by atoms with van der Waals surface area (Å²) in [6.07, 6.45) is 0.741. The fraction of sp³-hybridized carbons (Fsp3) is 0.636. The summed E-state index contributed by atoms with van der Waals surface area (Å²) in [4.78, 5) is 7.71. The minimum atomic E-state index is -0.284. The summed E-state index contributed by atoms with van der Waals surface area (Å²) >= 11 is 11.7. The highest BCUT2D eigenvalue weighted by atomic mass is 35.5. The van der Waals surface area contributed by atoms with Gasteiger partial charge in [0.1, 0.15) is 23.3 Å². The third kappa shape index (κ3) is 2.51. The molecule has 1 aromatic heterocycles. The highest BCUT2D eigenvalue weighted by Gasteiger charge is 2.49. The number of methoxy groups -OCH3 is 1. The van der Waals surface area contributed by atoms with Gasteiger partial charge in [0.2, 0.25) is 11.2 Å². The minimum Gasteiger partial charge on any atom is -0.468 e. The zero-order valence-corrected chi connectivity index (χ0v) is 11.6. The number of halogens is 2. The van der Waals surface area contributed by atoms with Crippen LogP contribution in [-0.2, 0) is 14.2 Å². The Bertz CT molecular complexity index is 476. The Morgan fingerprint density at radius 2 is 1.89 bits per heavy atom. The van der Waals surface area contributed by atoms with E-state index >= 15 is 0 Å². The maximum atomic E-state index is 5.96. The van der Waals surface area contributed by atoms with Crippen molar-refractivity contribution in [2.75, 3.05) is 20.3 Å². The summed E-state index contributed by atoms with van der Waals surface area (Å²) in [6.45, 7) is 0.886. The molecule has 2 aliphatic heterocycles. The molecule has 0 spiro atoms. The molecule has 3 rings (SSSR count). The molecular weight excluding hydrogens is 295 g/mol. The second-order valence-corrected chi connectivity index (χ2v) is 5.06. The molecule has 0 aliphatic carbocycles. The van der Waals surface area contributed by atoms with E-state index < -0.39 is 0 Å². The molecule has 19 heavy (non-hydrogen) atoms. The molecule has 4 atom stereocenters. The van der Waals surface area contributed by atoms with Crippen LogP contribution in [0.5, 0.6) is 5.88 Å². The average Bonchev–Trinajstić information content (AvgIpc) is 2.96. The third-order valence-electron chi connectivity index (χ3n) is 3.21. The van der Waals surface area contributed by atoms with Crippen molar-refractivity contribution in [2.45, 2.75) is 24.4 Å². The molecule has 2 aliphatic rings. The number of hydrogen-bond donors (Lipinski definition) is 0. The second kappa shape index (κ2) is 5.38. The molecule has 0 saturated carbocycles. The van der Waals surface area contributed by atoms with Gasteiger partial charge in [0.05, 0.1) is 19.4 Å². The van der Waals surface area contributed by atoms with Crippen LogP contribution in [-0.4, -0.2) is 54.7 Å². The van der Waals surface area contributed by atoms with Crippen molar-refractivity contribution >= 4 is 23.2 Å². The molecule has 0 amide bonds. The number of aromatic nitrogens is 2. The Kier molecular flexibility index (Phi) is 3.77. The van der Waals surface area contributed by atoms with Crippen LogP contribution in [0, 0.1) is 0 Å². The van der Waals surface area contributed by atoms with Gasteiger partial charge in [-0.05, 0) is 11.6 Å². The Hall–Kier alpha value is -0.660. The molecule has 104 valence electrons. The first-order valence-electron chi connectivity index (χ1n) is 5.79. The third-order valence-corrected chi connectivity index (χ3v) is 3.65. The van der Waals surface area contributed by atoms with Gasteiger partial charge in [-0.15, -0.1) is 0 Å². The van der Waals surface area contributed by atoms with Crippen molar-refractivity contribution in [1.29, 1.82) is 0 Å². The Balaban J connectivity index is 1.73. The highest BCUT2D eigenvalue weighted by Crippen LogP contribution is 2.32. The molecule has 0 aromatic carbocycles. The summed E-state index contributed by atoms with van der Waals surface area (Å²) in [5.41, 5.74) is 0. The standard InChI is InChI=1S/C11H12Cl2N2O4/c1-16-6-3-17-9-7(4-18-8(6)9)19-10-5(12)2-14-11(13)15-10/h2,6-9H,3-4H2,1H3/t6-,7-,8-,9-/m1/s1. The van der Waals surface area contributed by atoms with E-state index in [1.165, 1.54) is 6.20 Å². The van der Waals surface area contributed by atoms with E-state index in [4.69, 9.17) is 42.1 Å². The van der Waals surface area contributed by atoms with Crippen LogP contribution in [0.25, 0.3) is 0 Å². The van der Waals surface area contributed by atoms with E-state index in [1.54, 1.807) is 7.11 Å². The smallest absolute Gasteiger partial charge is 0.237 e. The lowest BCUT2D eigenvalue weighted by atomic mass is 10.1. The molecule has 0 bridgehead atoms. The van der Waals surface area contributed by atoms with E-state index in [0.29, 0.717) is 18.2 Å². The number of fused-ring (bicyclic) bond motifs is 1. The van der Waals surface area contributed by atoms with Crippen LogP contribution in [0.15, 0.2) is 6.20 Å². The van der Waals surface area contributed by atoms with Crippen LogP contribution in [0.4, 0.5) is 0 Å². The molecule has 0 radical (unpaired) electrons. The van der Waals surface area contributed by atoms with Crippen molar-refractivity contribution in [1.82, 2.24) is 9.97 Å². The van der Waals surface area contributed by atoms with Gasteiger partial charge < -0.3 is 18.9 Å². The van der Waals surface area contributed by atoms with Crippen LogP contribution < -0.4 is 4.74 Å². The van der Waals surface area contributed by atoms with Crippen molar-refractivity contribution in [3.8, 4) is 5.88 Å². The first-order chi connectivity index (χ1) is 9.19. The zero-order valence-electron chi connectivity index (χ0n) is 10.1. The summed E-state index contributed by atoms with van der Waals surface area (Å²) in [5, 5.41) is 0.381. The maximum Gasteiger partial charge on any atom is 0.237 e. The summed E-state index contributed by atoms with van der Waals surface area (Å²) in [7, 11) is 1.63. The minimum absolute atomic E-state index is 0.0666. The summed E-state index contributed by atoms with van der Waals surface area (Å²) in [5.74, 6) is 0.236. The summed E-state index contributed by atoms with van der Waals surface area (Å²) < 4.78 is 22.3. The van der Waals surface area contributed by atoms with Crippen LogP contribution in [0.2, 0.25) is 10.3 Å². The van der Waals surface area contributed by atoms with Gasteiger partial charge in [-0.1, -0.05) is 11.6 Å². The average molecular weight is 307 g/mol. The lowest BCUT2D eigenvalue weighted by Crippen LogP contribution is -2.35. The predicted molar refractivity (Wildman–Crippen MR) is 66.7 cm³/mol. The molecule has 2 fully saturated rings. The SMILES string of the molecule is CO[C@@H]1CO[C@H]2[C@@H]1OC[C@H]2Oc1nc(Cl)ncc1Cl. The lowest BCUT2D eigenvalue weighted by molar-refractivity contribution is -0.0142. The molecule has 3 heterocycles. The Labute approximate surface area is 119 Å². The van der Waals surface area contributed by atoms with Gasteiger partial charge >= 0.3 is 0 Å². The predicted octanol–water partition coefficient (Wildman–Crippen LogP) is 1.34. The number of nitrogens with zero attached hydrogens (tertiary/aromatic N) is 2. The quantitative estimate of drug-likeness (QED) is 0.785. The monoisotopic (exact) mass is 306 g/mol. The van der Waals surface area contributed by atoms with E-state index in [0.717, 1.165) is 0 Å². The largest absolute Gasteiger partial charge is 0.468 e. The number of ether oxygens (including phenoxy) is 4. The number of rotatable bonds is 3. The fourth-order valence-corrected chi connectivity index (χ4v) is 2.55. The van der Waals surface area contributed by atoms with Gasteiger partial charge in [-0.2, -0.15) is 4.98 Å². The maximum absolute atomic E-state index is 5.96. The van der Waals surface area contributed by atoms with Crippen molar-refractivity contribution in [3.63, 3.8) is 0 Å². The Morgan fingerprint density at radius 3 is 2.63 bits per heavy atom. The molecule has 2 saturated heterocycles. The van der Waals surface area contributed by atoms with Crippen molar-refractivity contribution < 1.29 is 18.9 Å². The molecule has 0 unspecified atom stereocenters. The second-order valence-electron chi connectivity index (χ2n) is 4.32. The van der Waals surface area contributed by atoms with Gasteiger partial charge in [-0.25, -0.2) is 4.98 Å². The molecular formula is C11H12Cl2N2O4. The highest BCUT2D eigenvalue weighted by molar-refractivity contribution is 6.32. The molecule has 1 aromatic rings. The lowest BCUT2D eigenvalue weighted by Gasteiger charge is -2.17. The molecule has 0 N–H and O–H groups in total. The summed E-state index contributed by atoms with van der Waals surface area (Å²) in [6, 6.07) is 0. The first-order valence-corrected chi connectivity index (χ1v) is 6.55. The number of hydrogen-bond acceptors (Lipinski definition) is 6. The fourth-order valence-electron chi connectivity index (χ4n) is 2.29. The van der Waals surface area contributed by atoms with Crippen molar-refractivity contribution in [2.24, 2.45) is 0 Å². The van der Waals surface area contributed by atoms with Gasteiger partial charge in [0.15, 0.2) is 6.10 Å². The molecule has 8 heteroatoms. The van der Waals surface area contributed by atoms with Crippen LogP contribution >= 0.6 is 23.2 Å². The molecule has 6 nitrogen and oxygen atoms in total.